The van der Waals surface area contributed by atoms with E-state index in [4.69, 9.17) is 0 Å². The van der Waals surface area contributed by atoms with Crippen LogP contribution in [0.15, 0.2) is 30.3 Å². The standard InChI is InChI=1S/C20H29Si.3ClH.Ti/c1-14(2)11-12-19-16(4)15(3)17(5)20(19)13-21-18-9-7-6-8-10-18;;;;/h6-10,14H,11-13,21H2,1-5H3;3*1H;/q-1;;;;+4/p-3. The first kappa shape index (κ1) is 30.1. The van der Waals surface area contributed by atoms with Crippen molar-refractivity contribution in [1.29, 1.82) is 0 Å². The van der Waals surface area contributed by atoms with Crippen molar-refractivity contribution in [3.05, 3.63) is 58.1 Å². The second-order valence-electron chi connectivity index (χ2n) is 6.75. The van der Waals surface area contributed by atoms with Crippen LogP contribution in [0.5, 0.6) is 0 Å². The van der Waals surface area contributed by atoms with Gasteiger partial charge in [0.25, 0.3) is 0 Å². The fraction of sp³-hybridized carbons (Fsp3) is 0.450. The summed E-state index contributed by atoms with van der Waals surface area (Å²) in [4.78, 5) is 0. The third-order valence-corrected chi connectivity index (χ3v) is 6.67. The smallest absolute Gasteiger partial charge is 1.00 e. The minimum absolute atomic E-state index is 0. The van der Waals surface area contributed by atoms with E-state index in [2.05, 4.69) is 65.0 Å². The number of hydrogen-bond donors (Lipinski definition) is 0. The molecule has 0 saturated carbocycles. The van der Waals surface area contributed by atoms with Crippen molar-refractivity contribution in [3.8, 4) is 0 Å². The summed E-state index contributed by atoms with van der Waals surface area (Å²) in [5.41, 5.74) is 8.01. The van der Waals surface area contributed by atoms with Crippen molar-refractivity contribution in [3.63, 3.8) is 0 Å². The van der Waals surface area contributed by atoms with Gasteiger partial charge >= 0.3 is 21.7 Å². The molecule has 0 nitrogen and oxygen atoms in total. The predicted octanol–water partition coefficient (Wildman–Crippen LogP) is -5.08. The Morgan fingerprint density at radius 1 is 0.920 bits per heavy atom. The van der Waals surface area contributed by atoms with E-state index >= 15 is 0 Å². The number of benzene rings is 1. The molecule has 0 aliphatic rings. The number of hydrogen-bond acceptors (Lipinski definition) is 0. The van der Waals surface area contributed by atoms with Crippen LogP contribution < -0.4 is 42.4 Å². The Bertz CT molecular complexity index is 595. The molecule has 138 valence electrons. The van der Waals surface area contributed by atoms with E-state index in [0.29, 0.717) is 0 Å². The SMILES string of the molecule is Cc1c(C)c(CCC(C)C)[c-](C[SiH2]c2ccccc2)c1C.[Cl-].[Cl-].[Cl-].[Ti+4]. The largest absolute Gasteiger partial charge is 4.00 e. The molecule has 0 aromatic heterocycles. The molecule has 0 amide bonds. The van der Waals surface area contributed by atoms with Gasteiger partial charge in [0.05, 0.1) is 0 Å². The van der Waals surface area contributed by atoms with Gasteiger partial charge < -0.3 is 37.2 Å². The summed E-state index contributed by atoms with van der Waals surface area (Å²) in [5.74, 6) is 0.791. The minimum atomic E-state index is -0.191. The van der Waals surface area contributed by atoms with Crippen molar-refractivity contribution in [2.24, 2.45) is 5.92 Å². The molecule has 0 N–H and O–H groups in total. The van der Waals surface area contributed by atoms with Crippen LogP contribution >= 0.6 is 0 Å². The number of halogens is 3. The molecule has 0 fully saturated rings. The van der Waals surface area contributed by atoms with Crippen LogP contribution in [-0.4, -0.2) is 9.52 Å². The molecule has 0 bridgehead atoms. The number of rotatable bonds is 6. The van der Waals surface area contributed by atoms with E-state index in [1.807, 2.05) is 0 Å². The zero-order valence-electron chi connectivity index (χ0n) is 15.9. The Kier molecular flexibility index (Phi) is 17.4. The summed E-state index contributed by atoms with van der Waals surface area (Å²) in [6.07, 6.45) is 2.57. The van der Waals surface area contributed by atoms with Crippen molar-refractivity contribution < 1.29 is 58.9 Å². The molecular weight excluding hydrogens is 423 g/mol. The van der Waals surface area contributed by atoms with E-state index in [-0.39, 0.29) is 68.5 Å². The maximum Gasteiger partial charge on any atom is 4.00 e. The van der Waals surface area contributed by atoms with E-state index in [1.54, 1.807) is 27.4 Å². The summed E-state index contributed by atoms with van der Waals surface area (Å²) in [5, 5.41) is 1.59. The Balaban J connectivity index is -0.00000121. The molecule has 25 heavy (non-hydrogen) atoms. The van der Waals surface area contributed by atoms with Crippen molar-refractivity contribution in [2.45, 2.75) is 53.5 Å². The van der Waals surface area contributed by atoms with Crippen LogP contribution in [0.3, 0.4) is 0 Å². The Hall–Kier alpha value is 0.371. The average molecular weight is 452 g/mol. The molecule has 0 saturated heterocycles. The van der Waals surface area contributed by atoms with E-state index in [1.165, 1.54) is 24.4 Å². The predicted molar refractivity (Wildman–Crippen MR) is 97.7 cm³/mol. The molecule has 0 heterocycles. The third-order valence-electron chi connectivity index (χ3n) is 4.87. The molecule has 0 unspecified atom stereocenters. The Morgan fingerprint density at radius 3 is 2.00 bits per heavy atom. The Morgan fingerprint density at radius 2 is 1.48 bits per heavy atom. The van der Waals surface area contributed by atoms with Crippen LogP contribution in [0.25, 0.3) is 0 Å². The van der Waals surface area contributed by atoms with Crippen molar-refractivity contribution in [2.75, 3.05) is 0 Å². The molecule has 2 aromatic rings. The second kappa shape index (κ2) is 14.4. The molecule has 2 aromatic carbocycles. The van der Waals surface area contributed by atoms with Crippen molar-refractivity contribution >= 4 is 14.7 Å². The van der Waals surface area contributed by atoms with Gasteiger partial charge in [-0.15, -0.1) is 0 Å². The zero-order chi connectivity index (χ0) is 15.4. The first-order valence-corrected chi connectivity index (χ1v) is 9.99. The maximum absolute atomic E-state index is 2.33. The summed E-state index contributed by atoms with van der Waals surface area (Å²) < 4.78 is 0. The summed E-state index contributed by atoms with van der Waals surface area (Å²) >= 11 is 0. The van der Waals surface area contributed by atoms with Crippen LogP contribution in [0.1, 0.15) is 48.1 Å². The van der Waals surface area contributed by atoms with E-state index in [0.717, 1.165) is 5.92 Å². The molecule has 0 aliphatic carbocycles. The van der Waals surface area contributed by atoms with E-state index in [9.17, 15) is 0 Å². The molecule has 0 radical (unpaired) electrons. The zero-order valence-corrected chi connectivity index (χ0v) is 21.2. The summed E-state index contributed by atoms with van der Waals surface area (Å²) in [6.45, 7) is 11.6. The van der Waals surface area contributed by atoms with Crippen LogP contribution in [0, 0.1) is 26.7 Å². The molecule has 5 heteroatoms. The van der Waals surface area contributed by atoms with Gasteiger partial charge in [-0.25, -0.2) is 0 Å². The summed E-state index contributed by atoms with van der Waals surface area (Å²) in [7, 11) is -0.191. The fourth-order valence-electron chi connectivity index (χ4n) is 3.21. The van der Waals surface area contributed by atoms with Gasteiger partial charge in [0.2, 0.25) is 0 Å². The third kappa shape index (κ3) is 8.28. The van der Waals surface area contributed by atoms with Gasteiger partial charge in [0, 0.05) is 9.52 Å². The molecule has 0 aliphatic heterocycles. The van der Waals surface area contributed by atoms with Crippen molar-refractivity contribution in [1.82, 2.24) is 0 Å². The molecular formula is C20H29Cl3SiTi. The first-order chi connectivity index (χ1) is 10.0. The van der Waals surface area contributed by atoms with Crippen LogP contribution in [0.2, 0.25) is 0 Å². The minimum Gasteiger partial charge on any atom is -1.00 e. The molecule has 2 rings (SSSR count). The quantitative estimate of drug-likeness (QED) is 0.305. The monoisotopic (exact) mass is 450 g/mol. The van der Waals surface area contributed by atoms with Crippen LogP contribution in [-0.2, 0) is 34.2 Å². The Labute approximate surface area is 190 Å². The summed E-state index contributed by atoms with van der Waals surface area (Å²) in [6, 6.07) is 12.4. The van der Waals surface area contributed by atoms with Gasteiger partial charge in [-0.2, -0.15) is 27.8 Å². The molecule has 0 spiro atoms. The fourth-order valence-corrected chi connectivity index (χ4v) is 5.03. The van der Waals surface area contributed by atoms with Gasteiger partial charge in [0.15, 0.2) is 0 Å². The normalized spacial score (nSPS) is 10.0. The van der Waals surface area contributed by atoms with E-state index < -0.39 is 0 Å². The second-order valence-corrected chi connectivity index (χ2v) is 8.57. The van der Waals surface area contributed by atoms with Gasteiger partial charge in [-0.3, -0.25) is 0 Å². The maximum atomic E-state index is 2.33. The average Bonchev–Trinajstić information content (AvgIpc) is 2.68. The first-order valence-electron chi connectivity index (χ1n) is 8.28. The van der Waals surface area contributed by atoms with Gasteiger partial charge in [-0.1, -0.05) is 82.6 Å². The molecule has 0 atom stereocenters. The van der Waals surface area contributed by atoms with Gasteiger partial charge in [0.1, 0.15) is 0 Å². The van der Waals surface area contributed by atoms with Crippen LogP contribution in [0.4, 0.5) is 0 Å². The topological polar surface area (TPSA) is 0 Å². The van der Waals surface area contributed by atoms with Gasteiger partial charge in [-0.05, 0) is 12.3 Å².